The molecule has 37 heavy (non-hydrogen) atoms. The van der Waals surface area contributed by atoms with Gasteiger partial charge in [-0.25, -0.2) is 9.97 Å². The van der Waals surface area contributed by atoms with E-state index in [4.69, 9.17) is 4.98 Å². The molecule has 1 aromatic heterocycles. The molecule has 1 fully saturated rings. The minimum atomic E-state index is -4.46. The lowest BCUT2D eigenvalue weighted by atomic mass is 9.92. The van der Waals surface area contributed by atoms with Gasteiger partial charge >= 0.3 is 12.1 Å². The highest BCUT2D eigenvalue weighted by molar-refractivity contribution is 6.04. The number of alkyl halides is 3. The van der Waals surface area contributed by atoms with E-state index in [9.17, 15) is 27.9 Å². The van der Waals surface area contributed by atoms with Crippen molar-refractivity contribution in [2.75, 3.05) is 5.32 Å². The van der Waals surface area contributed by atoms with Gasteiger partial charge in [-0.2, -0.15) is 13.2 Å². The number of carboxylic acid groups (broad SMARTS) is 1. The molecule has 0 radical (unpaired) electrons. The maximum Gasteiger partial charge on any atom is 0.416 e. The highest BCUT2D eigenvalue weighted by Gasteiger charge is 2.30. The van der Waals surface area contributed by atoms with Crippen molar-refractivity contribution in [2.24, 2.45) is 0 Å². The zero-order valence-electron chi connectivity index (χ0n) is 20.2. The van der Waals surface area contributed by atoms with Crippen LogP contribution in [0.4, 0.5) is 18.9 Å². The molecule has 0 atom stereocenters. The molecule has 2 N–H and O–H groups in total. The predicted octanol–water partition coefficient (Wildman–Crippen LogP) is 6.40. The van der Waals surface area contributed by atoms with Crippen molar-refractivity contribution in [1.29, 1.82) is 0 Å². The summed E-state index contributed by atoms with van der Waals surface area (Å²) in [6.45, 7) is 0. The van der Waals surface area contributed by atoms with Crippen LogP contribution in [0.5, 0.6) is 0 Å². The number of hydrogen-bond donors (Lipinski definition) is 2. The first-order valence-electron chi connectivity index (χ1n) is 12.3. The topological polar surface area (TPSA) is 92.2 Å². The fraction of sp³-hybridized carbons (Fsp3) is 0.357. The number of nitrogens with one attached hydrogen (secondary N) is 1. The van der Waals surface area contributed by atoms with Crippen molar-refractivity contribution >= 4 is 17.6 Å². The fourth-order valence-corrected chi connectivity index (χ4v) is 4.65. The highest BCUT2D eigenvalue weighted by atomic mass is 19.4. The van der Waals surface area contributed by atoms with Crippen molar-refractivity contribution in [3.63, 3.8) is 0 Å². The maximum absolute atomic E-state index is 12.7. The van der Waals surface area contributed by atoms with Gasteiger partial charge in [0.25, 0.3) is 5.91 Å². The second-order valence-corrected chi connectivity index (χ2v) is 9.36. The minimum Gasteiger partial charge on any atom is -0.481 e. The Kier molecular flexibility index (Phi) is 8.21. The van der Waals surface area contributed by atoms with Gasteiger partial charge in [0.2, 0.25) is 0 Å². The lowest BCUT2D eigenvalue weighted by Gasteiger charge is -2.18. The standard InChI is InChI=1S/C28H28F3N3O3/c29-28(30,31)22-11-9-20(10-12-22)27(37)33-23-13-7-18(8-14-23)15-24-32-17-21(16-25(35)36)26(34-24)19-5-3-1-2-4-6-19/h7-14,17,19H,1-6,15-16H2,(H,33,37)(H,35,36). The van der Waals surface area contributed by atoms with Gasteiger partial charge in [-0.15, -0.1) is 0 Å². The third-order valence-electron chi connectivity index (χ3n) is 6.58. The summed E-state index contributed by atoms with van der Waals surface area (Å²) in [5.41, 5.74) is 2.24. The number of carbonyl (C=O) groups excluding carboxylic acids is 1. The number of aromatic nitrogens is 2. The van der Waals surface area contributed by atoms with Crippen LogP contribution in [0.15, 0.2) is 54.7 Å². The van der Waals surface area contributed by atoms with Crippen molar-refractivity contribution in [1.82, 2.24) is 9.97 Å². The van der Waals surface area contributed by atoms with Crippen LogP contribution in [0.2, 0.25) is 0 Å². The van der Waals surface area contributed by atoms with Gasteiger partial charge in [0, 0.05) is 35.3 Å². The number of halogens is 3. The van der Waals surface area contributed by atoms with Gasteiger partial charge in [0.1, 0.15) is 5.82 Å². The van der Waals surface area contributed by atoms with E-state index in [1.807, 2.05) is 12.1 Å². The summed E-state index contributed by atoms with van der Waals surface area (Å²) < 4.78 is 38.2. The molecule has 3 aromatic rings. The van der Waals surface area contributed by atoms with Crippen molar-refractivity contribution < 1.29 is 27.9 Å². The van der Waals surface area contributed by atoms with E-state index < -0.39 is 23.6 Å². The Labute approximate surface area is 213 Å². The number of carboxylic acids is 1. The lowest BCUT2D eigenvalue weighted by molar-refractivity contribution is -0.138. The molecule has 0 unspecified atom stereocenters. The summed E-state index contributed by atoms with van der Waals surface area (Å²) in [4.78, 5) is 33.0. The SMILES string of the molecule is O=C(O)Cc1cnc(Cc2ccc(NC(=O)c3ccc(C(F)(F)F)cc3)cc2)nc1C1CCCCCC1. The number of nitrogens with zero attached hydrogens (tertiary/aromatic N) is 2. The van der Waals surface area contributed by atoms with Crippen LogP contribution in [0, 0.1) is 0 Å². The quantitative estimate of drug-likeness (QED) is 0.358. The Bertz CT molecular complexity index is 1230. The molecule has 0 saturated heterocycles. The zero-order valence-corrected chi connectivity index (χ0v) is 20.2. The van der Waals surface area contributed by atoms with E-state index in [0.29, 0.717) is 23.5 Å². The number of amides is 1. The summed E-state index contributed by atoms with van der Waals surface area (Å²) in [5, 5.41) is 12.0. The average molecular weight is 512 g/mol. The van der Waals surface area contributed by atoms with Crippen LogP contribution >= 0.6 is 0 Å². The van der Waals surface area contributed by atoms with E-state index in [2.05, 4.69) is 10.3 Å². The van der Waals surface area contributed by atoms with Crippen molar-refractivity contribution in [3.05, 3.63) is 88.5 Å². The van der Waals surface area contributed by atoms with Crippen LogP contribution in [0.3, 0.4) is 0 Å². The highest BCUT2D eigenvalue weighted by Crippen LogP contribution is 2.33. The summed E-state index contributed by atoms with van der Waals surface area (Å²) in [6, 6.07) is 11.1. The number of aliphatic carboxylic acids is 1. The summed E-state index contributed by atoms with van der Waals surface area (Å²) in [6.07, 6.45) is 4.10. The smallest absolute Gasteiger partial charge is 0.416 e. The molecule has 1 saturated carbocycles. The Morgan fingerprint density at radius 2 is 1.59 bits per heavy atom. The van der Waals surface area contributed by atoms with Crippen LogP contribution in [0.1, 0.15) is 83.0 Å². The van der Waals surface area contributed by atoms with Crippen molar-refractivity contribution in [3.8, 4) is 0 Å². The Hall–Kier alpha value is -3.75. The minimum absolute atomic E-state index is 0.0978. The molecular formula is C28H28F3N3O3. The molecule has 4 rings (SSSR count). The number of benzene rings is 2. The van der Waals surface area contributed by atoms with E-state index in [0.717, 1.165) is 61.2 Å². The molecule has 0 spiro atoms. The first-order valence-corrected chi connectivity index (χ1v) is 12.3. The van der Waals surface area contributed by atoms with Crippen LogP contribution in [-0.4, -0.2) is 27.0 Å². The van der Waals surface area contributed by atoms with Crippen LogP contribution in [0.25, 0.3) is 0 Å². The Morgan fingerprint density at radius 3 is 2.19 bits per heavy atom. The molecule has 1 heterocycles. The second-order valence-electron chi connectivity index (χ2n) is 9.36. The lowest BCUT2D eigenvalue weighted by Crippen LogP contribution is -2.13. The largest absolute Gasteiger partial charge is 0.481 e. The van der Waals surface area contributed by atoms with Gasteiger partial charge < -0.3 is 10.4 Å². The first-order chi connectivity index (χ1) is 17.7. The Balaban J connectivity index is 1.44. The van der Waals surface area contributed by atoms with Gasteiger partial charge in [-0.05, 0) is 54.8 Å². The monoisotopic (exact) mass is 511 g/mol. The van der Waals surface area contributed by atoms with Crippen LogP contribution in [-0.2, 0) is 23.8 Å². The van der Waals surface area contributed by atoms with Gasteiger partial charge in [0.05, 0.1) is 17.7 Å². The molecule has 194 valence electrons. The third kappa shape index (κ3) is 7.15. The van der Waals surface area contributed by atoms with Gasteiger partial charge in [-0.3, -0.25) is 9.59 Å². The number of rotatable bonds is 7. The summed E-state index contributed by atoms with van der Waals surface area (Å²) >= 11 is 0. The summed E-state index contributed by atoms with van der Waals surface area (Å²) in [5.74, 6) is -0.566. The van der Waals surface area contributed by atoms with Gasteiger partial charge in [0.15, 0.2) is 0 Å². The number of anilines is 1. The molecule has 1 aliphatic carbocycles. The molecule has 1 amide bonds. The Morgan fingerprint density at radius 1 is 0.946 bits per heavy atom. The summed E-state index contributed by atoms with van der Waals surface area (Å²) in [7, 11) is 0. The molecule has 0 aliphatic heterocycles. The first kappa shape index (κ1) is 26.3. The van der Waals surface area contributed by atoms with E-state index in [1.165, 1.54) is 12.8 Å². The molecule has 2 aromatic carbocycles. The second kappa shape index (κ2) is 11.5. The molecule has 9 heteroatoms. The number of hydrogen-bond acceptors (Lipinski definition) is 4. The van der Waals surface area contributed by atoms with Gasteiger partial charge in [-0.1, -0.05) is 37.8 Å². The van der Waals surface area contributed by atoms with E-state index >= 15 is 0 Å². The normalized spacial score (nSPS) is 14.7. The maximum atomic E-state index is 12.7. The molecule has 6 nitrogen and oxygen atoms in total. The fourth-order valence-electron chi connectivity index (χ4n) is 4.65. The zero-order chi connectivity index (χ0) is 26.4. The third-order valence-corrected chi connectivity index (χ3v) is 6.58. The molecule has 1 aliphatic rings. The predicted molar refractivity (Wildman–Crippen MR) is 132 cm³/mol. The van der Waals surface area contributed by atoms with Crippen molar-refractivity contribution in [2.45, 2.75) is 63.5 Å². The number of carbonyl (C=O) groups is 2. The van der Waals surface area contributed by atoms with E-state index in [-0.39, 0.29) is 17.9 Å². The van der Waals surface area contributed by atoms with E-state index in [1.54, 1.807) is 18.3 Å². The molecular weight excluding hydrogens is 483 g/mol. The average Bonchev–Trinajstić information content (AvgIpc) is 3.15. The van der Waals surface area contributed by atoms with Crippen LogP contribution < -0.4 is 5.32 Å². The molecule has 0 bridgehead atoms.